The number of fused-ring (bicyclic) bond motifs is 1. The lowest BCUT2D eigenvalue weighted by Crippen LogP contribution is -2.40. The van der Waals surface area contributed by atoms with Gasteiger partial charge in [0, 0.05) is 17.6 Å². The fourth-order valence-electron chi connectivity index (χ4n) is 2.84. The Hall–Kier alpha value is -2.68. The maximum absolute atomic E-state index is 13.5. The van der Waals surface area contributed by atoms with Gasteiger partial charge in [0.25, 0.3) is 0 Å². The minimum absolute atomic E-state index is 0.00660. The van der Waals surface area contributed by atoms with Crippen LogP contribution in [0.15, 0.2) is 48.7 Å². The molecule has 3 aromatic rings. The fourth-order valence-corrected chi connectivity index (χ4v) is 3.09. The predicted molar refractivity (Wildman–Crippen MR) is 98.9 cm³/mol. The molecule has 0 saturated heterocycles. The molecule has 2 aromatic carbocycles. The van der Waals surface area contributed by atoms with E-state index in [-0.39, 0.29) is 29.6 Å². The first kappa shape index (κ1) is 18.1. The average Bonchev–Trinajstić information content (AvgIpc) is 2.96. The normalized spacial score (nSPS) is 13.3. The molecule has 1 heterocycles. The number of rotatable bonds is 5. The Morgan fingerprint density at radius 1 is 1.31 bits per heavy atom. The van der Waals surface area contributed by atoms with Crippen molar-refractivity contribution in [1.82, 2.24) is 4.57 Å². The van der Waals surface area contributed by atoms with Crippen LogP contribution in [0.2, 0.25) is 5.02 Å². The highest BCUT2D eigenvalue weighted by atomic mass is 35.5. The molecule has 0 saturated carbocycles. The lowest BCUT2D eigenvalue weighted by atomic mass is 9.95. The molecule has 0 bridgehead atoms. The van der Waals surface area contributed by atoms with Crippen molar-refractivity contribution in [3.63, 3.8) is 0 Å². The first-order chi connectivity index (χ1) is 12.3. The summed E-state index contributed by atoms with van der Waals surface area (Å²) >= 11 is 6.00. The standard InChI is InChI=1S/C20H16ClFN2O2/c1-20(26,12-24-8-7-14-4-5-15(22)11-18(14)24)19(25)10-13-3-6-17(23-2)16(21)9-13/h3-9,11,26H,10,12H2,1H3/t20-/m0/s1. The molecule has 0 amide bonds. The highest BCUT2D eigenvalue weighted by molar-refractivity contribution is 6.33. The van der Waals surface area contributed by atoms with E-state index in [1.807, 2.05) is 0 Å². The van der Waals surface area contributed by atoms with E-state index in [9.17, 15) is 14.3 Å². The number of Topliss-reactive ketones (excluding diaryl/α,β-unsaturated/α-hetero) is 1. The SMILES string of the molecule is [C-]#[N+]c1ccc(CC(=O)[C@@](C)(O)Cn2ccc3ccc(F)cc32)cc1Cl. The average molecular weight is 371 g/mol. The van der Waals surface area contributed by atoms with Gasteiger partial charge < -0.3 is 9.67 Å². The summed E-state index contributed by atoms with van der Waals surface area (Å²) in [5.41, 5.74) is -0.0856. The first-order valence-corrected chi connectivity index (χ1v) is 8.34. The number of benzene rings is 2. The van der Waals surface area contributed by atoms with Gasteiger partial charge in [-0.15, -0.1) is 0 Å². The largest absolute Gasteiger partial charge is 0.380 e. The van der Waals surface area contributed by atoms with Crippen LogP contribution < -0.4 is 0 Å². The molecule has 0 spiro atoms. The Balaban J connectivity index is 1.80. The third kappa shape index (κ3) is 3.62. The van der Waals surface area contributed by atoms with E-state index in [1.54, 1.807) is 41.1 Å². The molecule has 0 radical (unpaired) electrons. The summed E-state index contributed by atoms with van der Waals surface area (Å²) in [5, 5.41) is 11.8. The molecule has 26 heavy (non-hydrogen) atoms. The second kappa shape index (κ2) is 6.91. The third-order valence-corrected chi connectivity index (χ3v) is 4.61. The van der Waals surface area contributed by atoms with Crippen LogP contribution in [0.3, 0.4) is 0 Å². The van der Waals surface area contributed by atoms with Crippen LogP contribution in [0.25, 0.3) is 15.7 Å². The summed E-state index contributed by atoms with van der Waals surface area (Å²) in [4.78, 5) is 15.9. The van der Waals surface area contributed by atoms with Crippen LogP contribution >= 0.6 is 11.6 Å². The molecule has 1 aromatic heterocycles. The molecule has 1 atom stereocenters. The Bertz CT molecular complexity index is 1030. The Morgan fingerprint density at radius 2 is 2.08 bits per heavy atom. The van der Waals surface area contributed by atoms with Crippen molar-refractivity contribution in [2.45, 2.75) is 25.5 Å². The van der Waals surface area contributed by atoms with E-state index >= 15 is 0 Å². The van der Waals surface area contributed by atoms with E-state index < -0.39 is 5.60 Å². The third-order valence-electron chi connectivity index (χ3n) is 4.31. The zero-order valence-corrected chi connectivity index (χ0v) is 14.8. The highest BCUT2D eigenvalue weighted by Gasteiger charge is 2.31. The maximum Gasteiger partial charge on any atom is 0.205 e. The monoisotopic (exact) mass is 370 g/mol. The predicted octanol–water partition coefficient (Wildman–Crippen LogP) is 4.55. The van der Waals surface area contributed by atoms with Gasteiger partial charge in [0.05, 0.1) is 18.6 Å². The smallest absolute Gasteiger partial charge is 0.205 e. The Morgan fingerprint density at radius 3 is 2.77 bits per heavy atom. The number of aromatic nitrogens is 1. The van der Waals surface area contributed by atoms with Gasteiger partial charge in [-0.2, -0.15) is 0 Å². The van der Waals surface area contributed by atoms with Crippen molar-refractivity contribution in [1.29, 1.82) is 0 Å². The number of nitrogens with zero attached hydrogens (tertiary/aromatic N) is 2. The molecule has 0 aliphatic rings. The summed E-state index contributed by atoms with van der Waals surface area (Å²) in [6, 6.07) is 11.0. The van der Waals surface area contributed by atoms with Gasteiger partial charge in [-0.05, 0) is 42.1 Å². The lowest BCUT2D eigenvalue weighted by Gasteiger charge is -2.23. The van der Waals surface area contributed by atoms with Crippen molar-refractivity contribution < 1.29 is 14.3 Å². The van der Waals surface area contributed by atoms with Crippen molar-refractivity contribution in [3.05, 3.63) is 76.5 Å². The fraction of sp³-hybridized carbons (Fsp3) is 0.200. The van der Waals surface area contributed by atoms with Crippen molar-refractivity contribution in [2.24, 2.45) is 0 Å². The molecule has 0 aliphatic heterocycles. The molecular formula is C20H16ClFN2O2. The molecule has 3 rings (SSSR count). The molecule has 0 aliphatic carbocycles. The number of halogens is 2. The van der Waals surface area contributed by atoms with E-state index in [0.717, 1.165) is 5.39 Å². The van der Waals surface area contributed by atoms with Crippen LogP contribution in [0.1, 0.15) is 12.5 Å². The van der Waals surface area contributed by atoms with Gasteiger partial charge in [0.1, 0.15) is 11.4 Å². The summed E-state index contributed by atoms with van der Waals surface area (Å²) in [6.45, 7) is 8.44. The van der Waals surface area contributed by atoms with Gasteiger partial charge in [-0.1, -0.05) is 29.8 Å². The van der Waals surface area contributed by atoms with E-state index in [4.69, 9.17) is 18.2 Å². The van der Waals surface area contributed by atoms with E-state index in [0.29, 0.717) is 16.8 Å². The number of hydrogen-bond acceptors (Lipinski definition) is 2. The van der Waals surface area contributed by atoms with Gasteiger partial charge >= 0.3 is 0 Å². The zero-order valence-electron chi connectivity index (χ0n) is 14.0. The van der Waals surface area contributed by atoms with Gasteiger partial charge in [-0.25, -0.2) is 9.24 Å². The highest BCUT2D eigenvalue weighted by Crippen LogP contribution is 2.27. The second-order valence-corrected chi connectivity index (χ2v) is 6.83. The van der Waals surface area contributed by atoms with Crippen LogP contribution in [0.5, 0.6) is 0 Å². The molecular weight excluding hydrogens is 355 g/mol. The van der Waals surface area contributed by atoms with Crippen molar-refractivity contribution in [3.8, 4) is 0 Å². The minimum atomic E-state index is -1.64. The summed E-state index contributed by atoms with van der Waals surface area (Å²) in [5.74, 6) is -0.764. The van der Waals surface area contributed by atoms with Crippen LogP contribution in [-0.2, 0) is 17.8 Å². The van der Waals surface area contributed by atoms with Crippen LogP contribution in [0.4, 0.5) is 10.1 Å². The number of ketones is 1. The minimum Gasteiger partial charge on any atom is -0.380 e. The van der Waals surface area contributed by atoms with Gasteiger partial charge in [0.2, 0.25) is 5.69 Å². The topological polar surface area (TPSA) is 46.6 Å². The summed E-state index contributed by atoms with van der Waals surface area (Å²) in [6.07, 6.45) is 1.70. The van der Waals surface area contributed by atoms with E-state index in [2.05, 4.69) is 4.85 Å². The molecule has 0 unspecified atom stereocenters. The summed E-state index contributed by atoms with van der Waals surface area (Å²) in [7, 11) is 0. The number of carbonyl (C=O) groups is 1. The molecule has 4 nitrogen and oxygen atoms in total. The second-order valence-electron chi connectivity index (χ2n) is 6.42. The number of aliphatic hydroxyl groups is 1. The maximum atomic E-state index is 13.5. The molecule has 0 fully saturated rings. The van der Waals surface area contributed by atoms with Gasteiger partial charge in [-0.3, -0.25) is 4.79 Å². The summed E-state index contributed by atoms with van der Waals surface area (Å²) < 4.78 is 15.2. The first-order valence-electron chi connectivity index (χ1n) is 7.96. The van der Waals surface area contributed by atoms with Crippen LogP contribution in [-0.4, -0.2) is 21.1 Å². The van der Waals surface area contributed by atoms with E-state index in [1.165, 1.54) is 19.1 Å². The molecule has 6 heteroatoms. The quantitative estimate of drug-likeness (QED) is 0.670. The lowest BCUT2D eigenvalue weighted by molar-refractivity contribution is -0.136. The molecule has 132 valence electrons. The van der Waals surface area contributed by atoms with Crippen molar-refractivity contribution in [2.75, 3.05) is 0 Å². The molecule has 1 N–H and O–H groups in total. The van der Waals surface area contributed by atoms with Gasteiger partial charge in [0.15, 0.2) is 5.78 Å². The zero-order chi connectivity index (χ0) is 18.9. The van der Waals surface area contributed by atoms with Crippen LogP contribution in [0, 0.1) is 12.4 Å². The Labute approximate surface area is 155 Å². The Kier molecular flexibility index (Phi) is 4.82. The number of hydrogen-bond donors (Lipinski definition) is 1. The number of carbonyl (C=O) groups excluding carboxylic acids is 1. The van der Waals surface area contributed by atoms with Crippen molar-refractivity contribution >= 4 is 34.0 Å².